The number of aromatic nitrogens is 6. The minimum atomic E-state index is -4.52. The molecule has 1 aromatic carbocycles. The van der Waals surface area contributed by atoms with Gasteiger partial charge in [0.25, 0.3) is 0 Å². The second-order valence-electron chi connectivity index (χ2n) is 6.06. The predicted molar refractivity (Wildman–Crippen MR) is 103 cm³/mol. The molecule has 1 N–H and O–H groups in total. The standard InChI is InChI=1S/C17H13ClF3N7S/c1-27-12(8-13(25-27)17(19,20)21)15-23-24-16(29-15)22-14-6-7-28(26-14)9-10-4-2-3-5-11(10)18/h2-8H,9H2,1H3,(H,22,24,26). The van der Waals surface area contributed by atoms with E-state index in [0.29, 0.717) is 27.5 Å². The molecule has 150 valence electrons. The van der Waals surface area contributed by atoms with Gasteiger partial charge in [0.1, 0.15) is 0 Å². The van der Waals surface area contributed by atoms with Crippen LogP contribution in [0.3, 0.4) is 0 Å². The van der Waals surface area contributed by atoms with E-state index in [2.05, 4.69) is 25.7 Å². The molecule has 0 amide bonds. The fraction of sp³-hybridized carbons (Fsp3) is 0.176. The predicted octanol–water partition coefficient (Wildman–Crippen LogP) is 4.60. The van der Waals surface area contributed by atoms with Crippen LogP contribution in [-0.2, 0) is 19.8 Å². The summed E-state index contributed by atoms with van der Waals surface area (Å²) in [6, 6.07) is 10.2. The maximum absolute atomic E-state index is 12.8. The number of halogens is 4. The molecule has 0 radical (unpaired) electrons. The van der Waals surface area contributed by atoms with Gasteiger partial charge >= 0.3 is 6.18 Å². The van der Waals surface area contributed by atoms with Crippen molar-refractivity contribution in [2.75, 3.05) is 5.32 Å². The molecular formula is C17H13ClF3N7S. The Bertz CT molecular complexity index is 1150. The monoisotopic (exact) mass is 439 g/mol. The van der Waals surface area contributed by atoms with Gasteiger partial charge in [-0.2, -0.15) is 23.4 Å². The zero-order valence-electron chi connectivity index (χ0n) is 14.9. The van der Waals surface area contributed by atoms with Crippen LogP contribution in [0.25, 0.3) is 10.7 Å². The molecule has 0 spiro atoms. The van der Waals surface area contributed by atoms with Gasteiger partial charge in [-0.3, -0.25) is 9.36 Å². The Morgan fingerprint density at radius 1 is 1.14 bits per heavy atom. The van der Waals surface area contributed by atoms with E-state index in [9.17, 15) is 13.2 Å². The highest BCUT2D eigenvalue weighted by molar-refractivity contribution is 7.18. The first-order valence-electron chi connectivity index (χ1n) is 8.28. The van der Waals surface area contributed by atoms with Crippen LogP contribution in [0.15, 0.2) is 42.6 Å². The lowest BCUT2D eigenvalue weighted by atomic mass is 10.2. The van der Waals surface area contributed by atoms with Crippen molar-refractivity contribution in [2.45, 2.75) is 12.7 Å². The van der Waals surface area contributed by atoms with Crippen LogP contribution in [-0.4, -0.2) is 29.8 Å². The number of hydrogen-bond donors (Lipinski definition) is 1. The largest absolute Gasteiger partial charge is 0.435 e. The number of alkyl halides is 3. The van der Waals surface area contributed by atoms with Crippen LogP contribution in [0, 0.1) is 0 Å². The average Bonchev–Trinajstić information content (AvgIpc) is 3.37. The second-order valence-corrected chi connectivity index (χ2v) is 7.45. The Morgan fingerprint density at radius 2 is 1.93 bits per heavy atom. The topological polar surface area (TPSA) is 73.5 Å². The molecule has 12 heteroatoms. The van der Waals surface area contributed by atoms with Crippen molar-refractivity contribution in [1.82, 2.24) is 29.8 Å². The Morgan fingerprint density at radius 3 is 2.66 bits per heavy atom. The van der Waals surface area contributed by atoms with Crippen LogP contribution in [0.2, 0.25) is 5.02 Å². The van der Waals surface area contributed by atoms with E-state index in [-0.39, 0.29) is 5.69 Å². The average molecular weight is 440 g/mol. The van der Waals surface area contributed by atoms with Crippen molar-refractivity contribution in [3.63, 3.8) is 0 Å². The lowest BCUT2D eigenvalue weighted by Crippen LogP contribution is -2.06. The van der Waals surface area contributed by atoms with Crippen LogP contribution >= 0.6 is 22.9 Å². The summed E-state index contributed by atoms with van der Waals surface area (Å²) in [7, 11) is 1.43. The maximum Gasteiger partial charge on any atom is 0.435 e. The van der Waals surface area contributed by atoms with Crippen LogP contribution in [0.4, 0.5) is 24.1 Å². The van der Waals surface area contributed by atoms with Gasteiger partial charge in [0.15, 0.2) is 16.5 Å². The van der Waals surface area contributed by atoms with Gasteiger partial charge in [0, 0.05) is 24.3 Å². The summed E-state index contributed by atoms with van der Waals surface area (Å²) in [6.45, 7) is 0.498. The van der Waals surface area contributed by atoms with Crippen molar-refractivity contribution in [3.8, 4) is 10.7 Å². The highest BCUT2D eigenvalue weighted by atomic mass is 35.5. The van der Waals surface area contributed by atoms with E-state index < -0.39 is 11.9 Å². The first-order valence-corrected chi connectivity index (χ1v) is 9.48. The molecule has 0 atom stereocenters. The Balaban J connectivity index is 1.48. The van der Waals surface area contributed by atoms with Gasteiger partial charge in [-0.15, -0.1) is 10.2 Å². The van der Waals surface area contributed by atoms with Crippen LogP contribution in [0.5, 0.6) is 0 Å². The number of anilines is 2. The smallest absolute Gasteiger partial charge is 0.313 e. The zero-order chi connectivity index (χ0) is 20.6. The molecule has 0 saturated heterocycles. The summed E-state index contributed by atoms with van der Waals surface area (Å²) in [4.78, 5) is 0. The Labute approximate surface area is 171 Å². The lowest BCUT2D eigenvalue weighted by Gasteiger charge is -2.04. The number of aryl methyl sites for hydroxylation is 1. The Kier molecular flexibility index (Phi) is 5.01. The van der Waals surface area contributed by atoms with Gasteiger partial charge in [-0.25, -0.2) is 0 Å². The second kappa shape index (κ2) is 7.48. The molecular weight excluding hydrogens is 427 g/mol. The van der Waals surface area contributed by atoms with Crippen LogP contribution < -0.4 is 5.32 Å². The highest BCUT2D eigenvalue weighted by Crippen LogP contribution is 2.33. The van der Waals surface area contributed by atoms with Gasteiger partial charge in [-0.1, -0.05) is 41.1 Å². The van der Waals surface area contributed by atoms with E-state index in [1.807, 2.05) is 24.3 Å². The minimum absolute atomic E-state index is 0.229. The molecule has 0 aliphatic carbocycles. The molecule has 4 aromatic rings. The molecule has 0 bridgehead atoms. The number of benzene rings is 1. The third-order valence-electron chi connectivity index (χ3n) is 3.98. The molecule has 0 fully saturated rings. The van der Waals surface area contributed by atoms with E-state index >= 15 is 0 Å². The van der Waals surface area contributed by atoms with Crippen molar-refractivity contribution in [1.29, 1.82) is 0 Å². The van der Waals surface area contributed by atoms with Gasteiger partial charge < -0.3 is 5.32 Å². The summed E-state index contributed by atoms with van der Waals surface area (Å²) in [5, 5.41) is 20.2. The Hall–Kier alpha value is -2.92. The van der Waals surface area contributed by atoms with Crippen molar-refractivity contribution >= 4 is 33.9 Å². The fourth-order valence-corrected chi connectivity index (χ4v) is 3.60. The molecule has 3 heterocycles. The van der Waals surface area contributed by atoms with Crippen molar-refractivity contribution < 1.29 is 13.2 Å². The van der Waals surface area contributed by atoms with E-state index in [0.717, 1.165) is 27.6 Å². The van der Waals surface area contributed by atoms with E-state index in [1.54, 1.807) is 16.9 Å². The first-order chi connectivity index (χ1) is 13.8. The SMILES string of the molecule is Cn1nc(C(F)(F)F)cc1-c1nnc(Nc2ccn(Cc3ccccc3Cl)n2)s1. The van der Waals surface area contributed by atoms with E-state index in [4.69, 9.17) is 11.6 Å². The minimum Gasteiger partial charge on any atom is -0.313 e. The number of hydrogen-bond acceptors (Lipinski definition) is 6. The molecule has 29 heavy (non-hydrogen) atoms. The fourth-order valence-electron chi connectivity index (χ4n) is 2.61. The summed E-state index contributed by atoms with van der Waals surface area (Å²) in [6.07, 6.45) is -2.74. The van der Waals surface area contributed by atoms with E-state index in [1.165, 1.54) is 7.05 Å². The summed E-state index contributed by atoms with van der Waals surface area (Å²) in [5.74, 6) is 0.528. The number of nitrogens with one attached hydrogen (secondary N) is 1. The highest BCUT2D eigenvalue weighted by Gasteiger charge is 2.35. The molecule has 0 aliphatic heterocycles. The first kappa shape index (κ1) is 19.4. The molecule has 3 aromatic heterocycles. The summed E-state index contributed by atoms with van der Waals surface area (Å²) in [5.41, 5.74) is 0.184. The van der Waals surface area contributed by atoms with Gasteiger partial charge in [0.05, 0.1) is 12.2 Å². The quantitative estimate of drug-likeness (QED) is 0.492. The lowest BCUT2D eigenvalue weighted by molar-refractivity contribution is -0.141. The molecule has 0 aliphatic rings. The molecule has 4 rings (SSSR count). The summed E-state index contributed by atoms with van der Waals surface area (Å²) >= 11 is 7.27. The van der Waals surface area contributed by atoms with Gasteiger partial charge in [-0.05, 0) is 17.7 Å². The number of nitrogens with zero attached hydrogens (tertiary/aromatic N) is 6. The van der Waals surface area contributed by atoms with Crippen LogP contribution in [0.1, 0.15) is 11.3 Å². The molecule has 0 unspecified atom stereocenters. The van der Waals surface area contributed by atoms with Crippen molar-refractivity contribution in [2.24, 2.45) is 7.05 Å². The molecule has 7 nitrogen and oxygen atoms in total. The summed E-state index contributed by atoms with van der Waals surface area (Å²) < 4.78 is 41.3. The molecule has 0 saturated carbocycles. The normalized spacial score (nSPS) is 11.8. The maximum atomic E-state index is 12.8. The van der Waals surface area contributed by atoms with Gasteiger partial charge in [0.2, 0.25) is 5.13 Å². The van der Waals surface area contributed by atoms with Crippen molar-refractivity contribution in [3.05, 3.63) is 58.9 Å². The third-order valence-corrected chi connectivity index (χ3v) is 5.21. The zero-order valence-corrected chi connectivity index (χ0v) is 16.4. The third kappa shape index (κ3) is 4.25. The number of rotatable bonds is 5.